The van der Waals surface area contributed by atoms with E-state index in [1.165, 1.54) is 17.8 Å². The van der Waals surface area contributed by atoms with Crippen molar-refractivity contribution in [2.24, 2.45) is 0 Å². The average Bonchev–Trinajstić information content (AvgIpc) is 2.71. The molecule has 1 fully saturated rings. The summed E-state index contributed by atoms with van der Waals surface area (Å²) in [5, 5.41) is 20.3. The average molecular weight is 227 g/mol. The summed E-state index contributed by atoms with van der Waals surface area (Å²) in [6.45, 7) is 0. The van der Waals surface area contributed by atoms with Crippen LogP contribution in [0.3, 0.4) is 0 Å². The lowest BCUT2D eigenvalue weighted by atomic mass is 9.79. The van der Waals surface area contributed by atoms with E-state index < -0.39 is 11.7 Å². The molecular weight excluding hydrogens is 210 g/mol. The van der Waals surface area contributed by atoms with Crippen molar-refractivity contribution in [1.29, 1.82) is 0 Å². The smallest absolute Gasteiger partial charge is 0.0909 e. The highest BCUT2D eigenvalue weighted by Crippen LogP contribution is 2.32. The van der Waals surface area contributed by atoms with Gasteiger partial charge in [-0.2, -0.15) is 0 Å². The minimum absolute atomic E-state index is 0.529. The Hall–Kier alpha value is -0.450. The van der Waals surface area contributed by atoms with Crippen LogP contribution in [0.4, 0.5) is 0 Å². The van der Waals surface area contributed by atoms with Gasteiger partial charge in [-0.3, -0.25) is 4.98 Å². The first-order chi connectivity index (χ1) is 7.21. The summed E-state index contributed by atoms with van der Waals surface area (Å²) < 4.78 is 0. The molecule has 84 valence electrons. The standard InChI is InChI=1S/C11H17NO2S/c13-10(6-9-7-12-8-15-9)11(14)4-2-1-3-5-11/h7-8,10,13-14H,1-6H2. The van der Waals surface area contributed by atoms with Gasteiger partial charge in [0, 0.05) is 17.5 Å². The van der Waals surface area contributed by atoms with Crippen LogP contribution in [0.15, 0.2) is 11.7 Å². The minimum Gasteiger partial charge on any atom is -0.390 e. The number of aliphatic hydroxyl groups is 2. The predicted molar refractivity (Wildman–Crippen MR) is 59.9 cm³/mol. The molecule has 15 heavy (non-hydrogen) atoms. The van der Waals surface area contributed by atoms with Crippen molar-refractivity contribution >= 4 is 11.3 Å². The molecule has 1 aromatic heterocycles. The second-order valence-corrected chi connectivity index (χ2v) is 5.32. The van der Waals surface area contributed by atoms with Gasteiger partial charge < -0.3 is 10.2 Å². The Balaban J connectivity index is 1.97. The molecule has 1 atom stereocenters. The molecule has 1 aromatic rings. The third-order valence-corrected chi connectivity index (χ3v) is 4.02. The van der Waals surface area contributed by atoms with E-state index in [1.807, 2.05) is 0 Å². The molecular formula is C11H17NO2S. The van der Waals surface area contributed by atoms with E-state index in [9.17, 15) is 10.2 Å². The lowest BCUT2D eigenvalue weighted by molar-refractivity contribution is -0.0957. The van der Waals surface area contributed by atoms with Crippen LogP contribution in [-0.4, -0.2) is 26.9 Å². The van der Waals surface area contributed by atoms with Gasteiger partial charge in [0.1, 0.15) is 0 Å². The van der Waals surface area contributed by atoms with Gasteiger partial charge in [0.2, 0.25) is 0 Å². The van der Waals surface area contributed by atoms with Gasteiger partial charge in [-0.1, -0.05) is 19.3 Å². The first-order valence-corrected chi connectivity index (χ1v) is 6.36. The highest BCUT2D eigenvalue weighted by molar-refractivity contribution is 7.09. The van der Waals surface area contributed by atoms with Crippen molar-refractivity contribution in [2.45, 2.75) is 50.2 Å². The van der Waals surface area contributed by atoms with Gasteiger partial charge in [-0.15, -0.1) is 11.3 Å². The lowest BCUT2D eigenvalue weighted by Gasteiger charge is -2.36. The molecule has 1 aliphatic rings. The highest BCUT2D eigenvalue weighted by Gasteiger charge is 2.36. The molecule has 0 spiro atoms. The molecule has 1 aliphatic carbocycles. The van der Waals surface area contributed by atoms with Gasteiger partial charge in [-0.25, -0.2) is 0 Å². The van der Waals surface area contributed by atoms with Crippen LogP contribution in [0, 0.1) is 0 Å². The molecule has 0 aromatic carbocycles. The molecule has 1 unspecified atom stereocenters. The van der Waals surface area contributed by atoms with E-state index in [-0.39, 0.29) is 0 Å². The summed E-state index contributed by atoms with van der Waals surface area (Å²) in [5.41, 5.74) is 0.898. The number of hydrogen-bond acceptors (Lipinski definition) is 4. The number of hydrogen-bond donors (Lipinski definition) is 2. The quantitative estimate of drug-likeness (QED) is 0.827. The van der Waals surface area contributed by atoms with Crippen LogP contribution < -0.4 is 0 Å². The SMILES string of the molecule is OC(Cc1cncs1)C1(O)CCCCC1. The molecule has 2 N–H and O–H groups in total. The second kappa shape index (κ2) is 4.60. The maximum atomic E-state index is 10.3. The van der Waals surface area contributed by atoms with Crippen LogP contribution >= 0.6 is 11.3 Å². The Morgan fingerprint density at radius 2 is 2.13 bits per heavy atom. The third kappa shape index (κ3) is 2.56. The summed E-state index contributed by atoms with van der Waals surface area (Å²) in [4.78, 5) is 5.01. The zero-order chi connectivity index (χ0) is 10.7. The topological polar surface area (TPSA) is 53.4 Å². The highest BCUT2D eigenvalue weighted by atomic mass is 32.1. The molecule has 0 radical (unpaired) electrons. The van der Waals surface area contributed by atoms with Crippen LogP contribution in [0.5, 0.6) is 0 Å². The fraction of sp³-hybridized carbons (Fsp3) is 0.727. The van der Waals surface area contributed by atoms with Crippen molar-refractivity contribution in [2.75, 3.05) is 0 Å². The summed E-state index contributed by atoms with van der Waals surface area (Å²) in [6.07, 6.45) is 6.33. The van der Waals surface area contributed by atoms with Crippen LogP contribution in [0.2, 0.25) is 0 Å². The predicted octanol–water partition coefficient (Wildman–Crippen LogP) is 1.74. The van der Waals surface area contributed by atoms with Gasteiger partial charge in [0.25, 0.3) is 0 Å². The van der Waals surface area contributed by atoms with Crippen molar-refractivity contribution in [3.05, 3.63) is 16.6 Å². The van der Waals surface area contributed by atoms with E-state index in [4.69, 9.17) is 0 Å². The Labute approximate surface area is 93.8 Å². The van der Waals surface area contributed by atoms with Gasteiger partial charge >= 0.3 is 0 Å². The molecule has 1 saturated carbocycles. The normalized spacial score (nSPS) is 22.5. The number of rotatable bonds is 3. The first kappa shape index (κ1) is 11.0. The van der Waals surface area contributed by atoms with E-state index in [0.29, 0.717) is 6.42 Å². The molecule has 0 aliphatic heterocycles. The van der Waals surface area contributed by atoms with Gasteiger partial charge in [0.15, 0.2) is 0 Å². The number of thiazole rings is 1. The van der Waals surface area contributed by atoms with Crippen molar-refractivity contribution in [1.82, 2.24) is 4.98 Å². The minimum atomic E-state index is -0.859. The zero-order valence-corrected chi connectivity index (χ0v) is 9.54. The van der Waals surface area contributed by atoms with Crippen molar-refractivity contribution in [3.63, 3.8) is 0 Å². The van der Waals surface area contributed by atoms with E-state index in [2.05, 4.69) is 4.98 Å². The van der Waals surface area contributed by atoms with Crippen molar-refractivity contribution in [3.8, 4) is 0 Å². The largest absolute Gasteiger partial charge is 0.390 e. The summed E-state index contributed by atoms with van der Waals surface area (Å²) >= 11 is 1.53. The number of aliphatic hydroxyl groups excluding tert-OH is 1. The van der Waals surface area contributed by atoms with E-state index in [1.54, 1.807) is 11.7 Å². The molecule has 2 rings (SSSR count). The fourth-order valence-corrected chi connectivity index (χ4v) is 2.85. The van der Waals surface area contributed by atoms with Crippen molar-refractivity contribution < 1.29 is 10.2 Å². The molecule has 1 heterocycles. The van der Waals surface area contributed by atoms with E-state index >= 15 is 0 Å². The maximum Gasteiger partial charge on any atom is 0.0909 e. The van der Waals surface area contributed by atoms with Crippen LogP contribution in [0.25, 0.3) is 0 Å². The second-order valence-electron chi connectivity index (χ2n) is 4.35. The molecule has 0 amide bonds. The molecule has 0 bridgehead atoms. The number of aromatic nitrogens is 1. The van der Waals surface area contributed by atoms with Crippen LogP contribution in [0.1, 0.15) is 37.0 Å². The van der Waals surface area contributed by atoms with Gasteiger partial charge in [-0.05, 0) is 12.8 Å². The van der Waals surface area contributed by atoms with Gasteiger partial charge in [0.05, 0.1) is 17.2 Å². The Bertz CT molecular complexity index is 294. The lowest BCUT2D eigenvalue weighted by Crippen LogP contribution is -2.44. The Morgan fingerprint density at radius 3 is 2.73 bits per heavy atom. The first-order valence-electron chi connectivity index (χ1n) is 5.48. The maximum absolute atomic E-state index is 10.3. The molecule has 4 heteroatoms. The monoisotopic (exact) mass is 227 g/mol. The summed E-state index contributed by atoms with van der Waals surface area (Å²) in [5.74, 6) is 0. The Kier molecular flexibility index (Phi) is 3.38. The zero-order valence-electron chi connectivity index (χ0n) is 8.72. The molecule has 3 nitrogen and oxygen atoms in total. The van der Waals surface area contributed by atoms with Crippen LogP contribution in [-0.2, 0) is 6.42 Å². The Morgan fingerprint density at radius 1 is 1.40 bits per heavy atom. The number of nitrogens with zero attached hydrogens (tertiary/aromatic N) is 1. The third-order valence-electron chi connectivity index (χ3n) is 3.22. The summed E-state index contributed by atoms with van der Waals surface area (Å²) in [6, 6.07) is 0. The molecule has 0 saturated heterocycles. The summed E-state index contributed by atoms with van der Waals surface area (Å²) in [7, 11) is 0. The fourth-order valence-electron chi connectivity index (χ4n) is 2.22. The van der Waals surface area contributed by atoms with E-state index in [0.717, 1.165) is 30.6 Å².